The number of hydrogen-bond acceptors (Lipinski definition) is 3. The summed E-state index contributed by atoms with van der Waals surface area (Å²) in [5.41, 5.74) is 5.59. The molecule has 0 aromatic rings. The van der Waals surface area contributed by atoms with E-state index in [-0.39, 0.29) is 23.5 Å². The molecule has 1 heterocycles. The van der Waals surface area contributed by atoms with E-state index in [1.54, 1.807) is 0 Å². The maximum Gasteiger partial charge on any atom is 0.227 e. The fourth-order valence-corrected chi connectivity index (χ4v) is 3.58. The standard InChI is InChI=1S/C16H30N2O2/c1-3-8-16(11-17,9-4-2)15(19)18-13-7-10-20-14(13)12-5-6-12/h12-14H,3-11,17H2,1-2H3,(H,18,19). The van der Waals surface area contributed by atoms with Crippen LogP contribution in [-0.4, -0.2) is 31.2 Å². The lowest BCUT2D eigenvalue weighted by molar-refractivity contribution is -0.132. The summed E-state index contributed by atoms with van der Waals surface area (Å²) in [6, 6.07) is 0.203. The van der Waals surface area contributed by atoms with E-state index >= 15 is 0 Å². The second kappa shape index (κ2) is 6.90. The summed E-state index contributed by atoms with van der Waals surface area (Å²) >= 11 is 0. The number of rotatable bonds is 8. The fraction of sp³-hybridized carbons (Fsp3) is 0.938. The van der Waals surface area contributed by atoms with Crippen molar-refractivity contribution in [3.05, 3.63) is 0 Å². The molecule has 0 spiro atoms. The van der Waals surface area contributed by atoms with Gasteiger partial charge in [-0.1, -0.05) is 26.7 Å². The molecule has 0 aromatic carbocycles. The first-order valence-corrected chi connectivity index (χ1v) is 8.29. The average Bonchev–Trinajstić information content (AvgIpc) is 3.19. The predicted octanol–water partition coefficient (Wildman–Crippen LogP) is 2.22. The van der Waals surface area contributed by atoms with Gasteiger partial charge in [-0.2, -0.15) is 0 Å². The summed E-state index contributed by atoms with van der Waals surface area (Å²) in [6.07, 6.45) is 7.46. The Morgan fingerprint density at radius 2 is 1.90 bits per heavy atom. The monoisotopic (exact) mass is 282 g/mol. The molecule has 2 unspecified atom stereocenters. The number of hydrogen-bond donors (Lipinski definition) is 2. The van der Waals surface area contributed by atoms with Crippen molar-refractivity contribution in [2.75, 3.05) is 13.2 Å². The zero-order valence-corrected chi connectivity index (χ0v) is 13.0. The van der Waals surface area contributed by atoms with E-state index in [4.69, 9.17) is 10.5 Å². The van der Waals surface area contributed by atoms with E-state index in [1.165, 1.54) is 12.8 Å². The lowest BCUT2D eigenvalue weighted by Gasteiger charge is -2.33. The molecule has 1 saturated carbocycles. The van der Waals surface area contributed by atoms with Crippen LogP contribution in [0.15, 0.2) is 0 Å². The lowest BCUT2D eigenvalue weighted by Crippen LogP contribution is -2.51. The molecule has 1 aliphatic heterocycles. The second-order valence-electron chi connectivity index (χ2n) is 6.53. The topological polar surface area (TPSA) is 64.4 Å². The third-order valence-electron chi connectivity index (χ3n) is 4.87. The van der Waals surface area contributed by atoms with E-state index in [0.29, 0.717) is 12.5 Å². The zero-order chi connectivity index (χ0) is 14.6. The summed E-state index contributed by atoms with van der Waals surface area (Å²) in [5.74, 6) is 0.831. The Labute approximate surface area is 122 Å². The van der Waals surface area contributed by atoms with Crippen LogP contribution in [0.1, 0.15) is 58.8 Å². The molecule has 2 aliphatic rings. The summed E-state index contributed by atoms with van der Waals surface area (Å²) < 4.78 is 5.81. The van der Waals surface area contributed by atoms with Crippen LogP contribution in [0.25, 0.3) is 0 Å². The van der Waals surface area contributed by atoms with Gasteiger partial charge < -0.3 is 15.8 Å². The van der Waals surface area contributed by atoms with Gasteiger partial charge in [0.2, 0.25) is 5.91 Å². The van der Waals surface area contributed by atoms with Gasteiger partial charge in [0.25, 0.3) is 0 Å². The van der Waals surface area contributed by atoms with Crippen LogP contribution >= 0.6 is 0 Å². The highest BCUT2D eigenvalue weighted by atomic mass is 16.5. The van der Waals surface area contributed by atoms with Crippen molar-refractivity contribution in [1.29, 1.82) is 0 Å². The Morgan fingerprint density at radius 3 is 2.40 bits per heavy atom. The number of carbonyl (C=O) groups is 1. The molecule has 1 saturated heterocycles. The quantitative estimate of drug-likeness (QED) is 0.717. The van der Waals surface area contributed by atoms with Crippen molar-refractivity contribution in [3.8, 4) is 0 Å². The average molecular weight is 282 g/mol. The minimum Gasteiger partial charge on any atom is -0.376 e. The summed E-state index contributed by atoms with van der Waals surface area (Å²) in [5, 5.41) is 3.27. The molecule has 2 rings (SSSR count). The number of amides is 1. The SMILES string of the molecule is CCCC(CN)(CCC)C(=O)NC1CCOC1C1CC1. The maximum absolute atomic E-state index is 12.8. The molecule has 2 atom stereocenters. The second-order valence-corrected chi connectivity index (χ2v) is 6.53. The Bertz CT molecular complexity index is 322. The van der Waals surface area contributed by atoms with Crippen LogP contribution < -0.4 is 11.1 Å². The molecule has 1 amide bonds. The molecular weight excluding hydrogens is 252 g/mol. The van der Waals surface area contributed by atoms with Gasteiger partial charge in [0.05, 0.1) is 17.6 Å². The molecule has 0 aromatic heterocycles. The minimum atomic E-state index is -0.375. The van der Waals surface area contributed by atoms with Crippen molar-refractivity contribution >= 4 is 5.91 Å². The molecule has 0 bridgehead atoms. The summed E-state index contributed by atoms with van der Waals surface area (Å²) in [4.78, 5) is 12.8. The first-order valence-electron chi connectivity index (χ1n) is 8.29. The van der Waals surface area contributed by atoms with Gasteiger partial charge in [-0.3, -0.25) is 4.79 Å². The highest BCUT2D eigenvalue weighted by Gasteiger charge is 2.43. The van der Waals surface area contributed by atoms with E-state index in [9.17, 15) is 4.79 Å². The molecule has 1 aliphatic carbocycles. The van der Waals surface area contributed by atoms with Crippen LogP contribution in [0, 0.1) is 11.3 Å². The fourth-order valence-electron chi connectivity index (χ4n) is 3.58. The van der Waals surface area contributed by atoms with Crippen molar-refractivity contribution in [2.24, 2.45) is 17.1 Å². The largest absolute Gasteiger partial charge is 0.376 e. The zero-order valence-electron chi connectivity index (χ0n) is 13.0. The third kappa shape index (κ3) is 3.34. The number of ether oxygens (including phenoxy) is 1. The summed E-state index contributed by atoms with van der Waals surface area (Å²) in [7, 11) is 0. The van der Waals surface area contributed by atoms with Crippen molar-refractivity contribution in [3.63, 3.8) is 0 Å². The highest BCUT2D eigenvalue weighted by molar-refractivity contribution is 5.83. The first-order chi connectivity index (χ1) is 9.66. The molecule has 2 fully saturated rings. The lowest BCUT2D eigenvalue weighted by atomic mass is 9.78. The molecular formula is C16H30N2O2. The van der Waals surface area contributed by atoms with Gasteiger partial charge in [-0.15, -0.1) is 0 Å². The molecule has 116 valence electrons. The van der Waals surface area contributed by atoms with Crippen molar-refractivity contribution < 1.29 is 9.53 Å². The summed E-state index contributed by atoms with van der Waals surface area (Å²) in [6.45, 7) is 5.48. The normalized spacial score (nSPS) is 26.8. The highest BCUT2D eigenvalue weighted by Crippen LogP contribution is 2.39. The first kappa shape index (κ1) is 15.8. The van der Waals surface area contributed by atoms with Gasteiger partial charge >= 0.3 is 0 Å². The molecule has 0 radical (unpaired) electrons. The smallest absolute Gasteiger partial charge is 0.227 e. The van der Waals surface area contributed by atoms with E-state index in [1.807, 2.05) is 0 Å². The molecule has 4 heteroatoms. The molecule has 20 heavy (non-hydrogen) atoms. The Balaban J connectivity index is 1.99. The van der Waals surface area contributed by atoms with Crippen LogP contribution in [-0.2, 0) is 9.53 Å². The van der Waals surface area contributed by atoms with Crippen molar-refractivity contribution in [1.82, 2.24) is 5.32 Å². The predicted molar refractivity (Wildman–Crippen MR) is 80.3 cm³/mol. The van der Waals surface area contributed by atoms with E-state index in [0.717, 1.165) is 38.7 Å². The van der Waals surface area contributed by atoms with Gasteiger partial charge in [0.15, 0.2) is 0 Å². The Kier molecular flexibility index (Phi) is 5.44. The van der Waals surface area contributed by atoms with E-state index in [2.05, 4.69) is 19.2 Å². The van der Waals surface area contributed by atoms with Crippen LogP contribution in [0.4, 0.5) is 0 Å². The van der Waals surface area contributed by atoms with Gasteiger partial charge in [0, 0.05) is 13.2 Å². The maximum atomic E-state index is 12.8. The number of nitrogens with one attached hydrogen (secondary N) is 1. The van der Waals surface area contributed by atoms with Gasteiger partial charge in [-0.25, -0.2) is 0 Å². The number of nitrogens with two attached hydrogens (primary N) is 1. The molecule has 3 N–H and O–H groups in total. The van der Waals surface area contributed by atoms with Gasteiger partial charge in [0.1, 0.15) is 0 Å². The third-order valence-corrected chi connectivity index (χ3v) is 4.87. The van der Waals surface area contributed by atoms with E-state index < -0.39 is 0 Å². The molecule has 4 nitrogen and oxygen atoms in total. The minimum absolute atomic E-state index is 0.157. The van der Waals surface area contributed by atoms with Crippen LogP contribution in [0.2, 0.25) is 0 Å². The number of carbonyl (C=O) groups excluding carboxylic acids is 1. The van der Waals surface area contributed by atoms with Crippen LogP contribution in [0.3, 0.4) is 0 Å². The Hall–Kier alpha value is -0.610. The van der Waals surface area contributed by atoms with Gasteiger partial charge in [-0.05, 0) is 38.0 Å². The van der Waals surface area contributed by atoms with Crippen molar-refractivity contribution in [2.45, 2.75) is 70.9 Å². The van der Waals surface area contributed by atoms with Crippen LogP contribution in [0.5, 0.6) is 0 Å². The Morgan fingerprint density at radius 1 is 1.25 bits per heavy atom.